The first kappa shape index (κ1) is 19.1. The highest BCUT2D eigenvalue weighted by atomic mass is 35.5. The van der Waals surface area contributed by atoms with Crippen molar-refractivity contribution in [2.45, 2.75) is 43.6 Å². The van der Waals surface area contributed by atoms with Gasteiger partial charge in [0, 0.05) is 24.1 Å². The lowest BCUT2D eigenvalue weighted by atomic mass is 9.88. The molecule has 1 N–H and O–H groups in total. The SMILES string of the molecule is O=C1CCC(c2cccc(-c3ccc(N4C(=O)OCCC45CC5)cc3)c2Cl)C(=O)N1. The van der Waals surface area contributed by atoms with E-state index in [9.17, 15) is 14.4 Å². The number of ether oxygens (including phenoxy) is 1. The Balaban J connectivity index is 1.45. The number of halogens is 1. The molecule has 2 heterocycles. The van der Waals surface area contributed by atoms with E-state index in [2.05, 4.69) is 5.32 Å². The van der Waals surface area contributed by atoms with Gasteiger partial charge in [0.25, 0.3) is 0 Å². The molecule has 1 spiro atoms. The Hall–Kier alpha value is -2.86. The van der Waals surface area contributed by atoms with Crippen LogP contribution in [0.5, 0.6) is 0 Å². The smallest absolute Gasteiger partial charge is 0.414 e. The van der Waals surface area contributed by atoms with Gasteiger partial charge in [0.1, 0.15) is 0 Å². The molecule has 1 unspecified atom stereocenters. The van der Waals surface area contributed by atoms with Crippen molar-refractivity contribution in [3.63, 3.8) is 0 Å². The van der Waals surface area contributed by atoms with Gasteiger partial charge in [-0.3, -0.25) is 19.8 Å². The first-order valence-electron chi connectivity index (χ1n) is 10.2. The summed E-state index contributed by atoms with van der Waals surface area (Å²) >= 11 is 6.70. The van der Waals surface area contributed by atoms with Gasteiger partial charge in [-0.15, -0.1) is 0 Å². The van der Waals surface area contributed by atoms with Crippen molar-refractivity contribution >= 4 is 35.2 Å². The van der Waals surface area contributed by atoms with E-state index in [1.807, 2.05) is 42.5 Å². The molecule has 2 aromatic carbocycles. The normalized spacial score (nSPS) is 22.6. The summed E-state index contributed by atoms with van der Waals surface area (Å²) in [6.45, 7) is 0.482. The average molecular weight is 425 g/mol. The topological polar surface area (TPSA) is 75.7 Å². The summed E-state index contributed by atoms with van der Waals surface area (Å²) < 4.78 is 5.26. The van der Waals surface area contributed by atoms with E-state index in [0.717, 1.165) is 41.6 Å². The number of cyclic esters (lactones) is 1. The number of imide groups is 1. The minimum Gasteiger partial charge on any atom is -0.449 e. The number of nitrogens with zero attached hydrogens (tertiary/aromatic N) is 1. The molecular weight excluding hydrogens is 404 g/mol. The number of carbonyl (C=O) groups is 3. The van der Waals surface area contributed by atoms with Crippen LogP contribution in [-0.4, -0.2) is 30.1 Å². The van der Waals surface area contributed by atoms with E-state index in [1.54, 1.807) is 4.90 Å². The summed E-state index contributed by atoms with van der Waals surface area (Å²) in [5.41, 5.74) is 3.17. The van der Waals surface area contributed by atoms with Gasteiger partial charge in [0.05, 0.1) is 23.1 Å². The van der Waals surface area contributed by atoms with Crippen LogP contribution >= 0.6 is 11.6 Å². The maximum absolute atomic E-state index is 12.4. The third-order valence-corrected chi connectivity index (χ3v) is 6.78. The Morgan fingerprint density at radius 1 is 1.03 bits per heavy atom. The molecule has 5 rings (SSSR count). The largest absolute Gasteiger partial charge is 0.449 e. The average Bonchev–Trinajstić information content (AvgIpc) is 3.49. The van der Waals surface area contributed by atoms with E-state index in [4.69, 9.17) is 16.3 Å². The first-order valence-corrected chi connectivity index (χ1v) is 10.6. The fourth-order valence-corrected chi connectivity index (χ4v) is 4.88. The fourth-order valence-electron chi connectivity index (χ4n) is 4.52. The minimum atomic E-state index is -0.438. The number of hydrogen-bond acceptors (Lipinski definition) is 4. The third kappa shape index (κ3) is 3.16. The van der Waals surface area contributed by atoms with E-state index < -0.39 is 5.92 Å². The Labute approximate surface area is 179 Å². The van der Waals surface area contributed by atoms with Crippen LogP contribution in [0.1, 0.15) is 43.6 Å². The second-order valence-electron chi connectivity index (χ2n) is 8.18. The summed E-state index contributed by atoms with van der Waals surface area (Å²) in [5.74, 6) is -0.991. The molecule has 154 valence electrons. The summed E-state index contributed by atoms with van der Waals surface area (Å²) in [7, 11) is 0. The van der Waals surface area contributed by atoms with Crippen LogP contribution in [0.2, 0.25) is 5.02 Å². The maximum atomic E-state index is 12.4. The Bertz CT molecular complexity index is 1050. The predicted octanol–water partition coefficient (Wildman–Crippen LogP) is 4.41. The lowest BCUT2D eigenvalue weighted by Crippen LogP contribution is -2.47. The summed E-state index contributed by atoms with van der Waals surface area (Å²) in [4.78, 5) is 37.9. The number of rotatable bonds is 3. The molecule has 2 aliphatic heterocycles. The number of piperidine rings is 1. The lowest BCUT2D eigenvalue weighted by Gasteiger charge is -2.35. The molecule has 0 aromatic heterocycles. The molecule has 0 bridgehead atoms. The van der Waals surface area contributed by atoms with Crippen LogP contribution in [0, 0.1) is 0 Å². The molecule has 6 nitrogen and oxygen atoms in total. The molecule has 30 heavy (non-hydrogen) atoms. The zero-order chi connectivity index (χ0) is 20.9. The van der Waals surface area contributed by atoms with Crippen molar-refractivity contribution in [3.8, 4) is 11.1 Å². The molecule has 1 saturated carbocycles. The van der Waals surface area contributed by atoms with Gasteiger partial charge in [0.15, 0.2) is 0 Å². The molecule has 2 saturated heterocycles. The van der Waals surface area contributed by atoms with Crippen molar-refractivity contribution < 1.29 is 19.1 Å². The fraction of sp³-hybridized carbons (Fsp3) is 0.348. The van der Waals surface area contributed by atoms with Crippen molar-refractivity contribution in [1.82, 2.24) is 5.32 Å². The zero-order valence-corrected chi connectivity index (χ0v) is 17.1. The van der Waals surface area contributed by atoms with Crippen molar-refractivity contribution in [2.75, 3.05) is 11.5 Å². The summed E-state index contributed by atoms with van der Waals surface area (Å²) in [5, 5.41) is 2.90. The monoisotopic (exact) mass is 424 g/mol. The second kappa shape index (κ2) is 7.13. The molecule has 0 radical (unpaired) electrons. The minimum absolute atomic E-state index is 0.0831. The predicted molar refractivity (Wildman–Crippen MR) is 112 cm³/mol. The van der Waals surface area contributed by atoms with Crippen molar-refractivity contribution in [1.29, 1.82) is 0 Å². The molecule has 3 aliphatic rings. The van der Waals surface area contributed by atoms with Crippen LogP contribution in [0.4, 0.5) is 10.5 Å². The van der Waals surface area contributed by atoms with E-state index in [0.29, 0.717) is 24.5 Å². The molecular formula is C23H21ClN2O4. The van der Waals surface area contributed by atoms with Crippen LogP contribution in [0.25, 0.3) is 11.1 Å². The van der Waals surface area contributed by atoms with Crippen LogP contribution < -0.4 is 10.2 Å². The van der Waals surface area contributed by atoms with Gasteiger partial charge < -0.3 is 4.74 Å². The Kier molecular flexibility index (Phi) is 4.54. The molecule has 1 atom stereocenters. The highest BCUT2D eigenvalue weighted by molar-refractivity contribution is 6.34. The number of hydrogen-bond donors (Lipinski definition) is 1. The van der Waals surface area contributed by atoms with Crippen molar-refractivity contribution in [3.05, 3.63) is 53.1 Å². The summed E-state index contributed by atoms with van der Waals surface area (Å²) in [6.07, 6.45) is 3.34. The van der Waals surface area contributed by atoms with Gasteiger partial charge in [0.2, 0.25) is 11.8 Å². The summed E-state index contributed by atoms with van der Waals surface area (Å²) in [6, 6.07) is 13.3. The van der Waals surface area contributed by atoms with E-state index >= 15 is 0 Å². The third-order valence-electron chi connectivity index (χ3n) is 6.36. The number of carbonyl (C=O) groups excluding carboxylic acids is 3. The van der Waals surface area contributed by atoms with Crippen molar-refractivity contribution in [2.24, 2.45) is 0 Å². The Morgan fingerprint density at radius 3 is 2.50 bits per heavy atom. The first-order chi connectivity index (χ1) is 14.5. The molecule has 3 fully saturated rings. The number of benzene rings is 2. The highest BCUT2D eigenvalue weighted by Gasteiger charge is 2.53. The maximum Gasteiger partial charge on any atom is 0.414 e. The lowest BCUT2D eigenvalue weighted by molar-refractivity contribution is -0.134. The second-order valence-corrected chi connectivity index (χ2v) is 8.56. The van der Waals surface area contributed by atoms with E-state index in [1.165, 1.54) is 0 Å². The zero-order valence-electron chi connectivity index (χ0n) is 16.3. The van der Waals surface area contributed by atoms with E-state index in [-0.39, 0.29) is 23.4 Å². The molecule has 2 aromatic rings. The molecule has 1 aliphatic carbocycles. The van der Waals surface area contributed by atoms with Crippen LogP contribution in [0.3, 0.4) is 0 Å². The Morgan fingerprint density at radius 2 is 1.80 bits per heavy atom. The standard InChI is InChI=1S/C23H21ClN2O4/c24-20-16(2-1-3-17(20)18-8-9-19(27)25-21(18)28)14-4-6-15(7-5-14)26-22(29)30-13-12-23(26)10-11-23/h1-7,18H,8-13H2,(H,25,27,28). The van der Waals surface area contributed by atoms with Gasteiger partial charge in [-0.25, -0.2) is 4.79 Å². The highest BCUT2D eigenvalue weighted by Crippen LogP contribution is 2.49. The number of nitrogens with one attached hydrogen (secondary N) is 1. The van der Waals surface area contributed by atoms with Gasteiger partial charge in [-0.05, 0) is 42.5 Å². The number of anilines is 1. The van der Waals surface area contributed by atoms with Crippen LogP contribution in [-0.2, 0) is 14.3 Å². The number of amides is 3. The molecule has 7 heteroatoms. The van der Waals surface area contributed by atoms with Gasteiger partial charge in [-0.2, -0.15) is 0 Å². The van der Waals surface area contributed by atoms with Crippen LogP contribution in [0.15, 0.2) is 42.5 Å². The van der Waals surface area contributed by atoms with Gasteiger partial charge >= 0.3 is 6.09 Å². The van der Waals surface area contributed by atoms with Gasteiger partial charge in [-0.1, -0.05) is 41.9 Å². The quantitative estimate of drug-likeness (QED) is 0.740. The molecule has 3 amide bonds.